The van der Waals surface area contributed by atoms with Gasteiger partial charge in [-0.05, 0) is 26.8 Å². The van der Waals surface area contributed by atoms with E-state index in [0.29, 0.717) is 5.69 Å². The number of carbonyl (C=O) groups is 1. The van der Waals surface area contributed by atoms with Crippen LogP contribution in [0.2, 0.25) is 0 Å². The standard InChI is InChI=1S/C9H12N2O3/c1-5(2)14-9-10-6(3)4-7(11-9)8(12)13/h4-5H,1-3H3,(H,12,13). The lowest BCUT2D eigenvalue weighted by Gasteiger charge is -2.08. The van der Waals surface area contributed by atoms with Crippen LogP contribution < -0.4 is 4.74 Å². The molecule has 0 saturated heterocycles. The second kappa shape index (κ2) is 4.04. The first-order valence-electron chi connectivity index (χ1n) is 4.24. The maximum Gasteiger partial charge on any atom is 0.354 e. The fourth-order valence-electron chi connectivity index (χ4n) is 0.914. The van der Waals surface area contributed by atoms with E-state index in [1.54, 1.807) is 6.92 Å². The molecule has 1 aromatic rings. The SMILES string of the molecule is Cc1cc(C(=O)O)nc(OC(C)C)n1. The summed E-state index contributed by atoms with van der Waals surface area (Å²) in [5, 5.41) is 8.72. The summed E-state index contributed by atoms with van der Waals surface area (Å²) in [5.41, 5.74) is 0.529. The Morgan fingerprint density at radius 2 is 2.14 bits per heavy atom. The highest BCUT2D eigenvalue weighted by atomic mass is 16.5. The zero-order valence-corrected chi connectivity index (χ0v) is 8.31. The minimum absolute atomic E-state index is 0.0480. The van der Waals surface area contributed by atoms with Gasteiger partial charge in [-0.2, -0.15) is 4.98 Å². The normalized spacial score (nSPS) is 10.3. The Morgan fingerprint density at radius 1 is 1.50 bits per heavy atom. The van der Waals surface area contributed by atoms with E-state index < -0.39 is 5.97 Å². The lowest BCUT2D eigenvalue weighted by Crippen LogP contribution is -2.11. The van der Waals surface area contributed by atoms with Gasteiger partial charge in [0.2, 0.25) is 0 Å². The van der Waals surface area contributed by atoms with E-state index in [-0.39, 0.29) is 17.8 Å². The van der Waals surface area contributed by atoms with E-state index in [1.807, 2.05) is 13.8 Å². The Hall–Kier alpha value is -1.65. The number of aryl methyl sites for hydroxylation is 1. The van der Waals surface area contributed by atoms with Gasteiger partial charge in [0.05, 0.1) is 6.10 Å². The Kier molecular flexibility index (Phi) is 3.01. The van der Waals surface area contributed by atoms with E-state index in [2.05, 4.69) is 9.97 Å². The van der Waals surface area contributed by atoms with Gasteiger partial charge in [-0.15, -0.1) is 0 Å². The van der Waals surface area contributed by atoms with Gasteiger partial charge in [-0.1, -0.05) is 0 Å². The molecule has 1 heterocycles. The molecule has 14 heavy (non-hydrogen) atoms. The van der Waals surface area contributed by atoms with Gasteiger partial charge in [-0.25, -0.2) is 9.78 Å². The largest absolute Gasteiger partial charge is 0.477 e. The number of carboxylic acid groups (broad SMARTS) is 1. The van der Waals surface area contributed by atoms with E-state index in [9.17, 15) is 4.79 Å². The summed E-state index contributed by atoms with van der Waals surface area (Å²) in [6.07, 6.45) is -0.0709. The number of carboxylic acids is 1. The number of nitrogens with zero attached hydrogens (tertiary/aromatic N) is 2. The van der Waals surface area contributed by atoms with E-state index in [0.717, 1.165) is 0 Å². The first-order valence-corrected chi connectivity index (χ1v) is 4.24. The van der Waals surface area contributed by atoms with Crippen LogP contribution in [0.1, 0.15) is 30.0 Å². The maximum absolute atomic E-state index is 10.6. The number of hydrogen-bond donors (Lipinski definition) is 1. The summed E-state index contributed by atoms with van der Waals surface area (Å²) in [5.74, 6) is -1.08. The van der Waals surface area contributed by atoms with Crippen LogP contribution >= 0.6 is 0 Å². The van der Waals surface area contributed by atoms with Crippen LogP contribution in [-0.4, -0.2) is 27.1 Å². The van der Waals surface area contributed by atoms with Crippen LogP contribution in [0.3, 0.4) is 0 Å². The highest BCUT2D eigenvalue weighted by Crippen LogP contribution is 2.08. The van der Waals surface area contributed by atoms with Crippen LogP contribution in [-0.2, 0) is 0 Å². The minimum atomic E-state index is -1.08. The highest BCUT2D eigenvalue weighted by Gasteiger charge is 2.09. The van der Waals surface area contributed by atoms with Crippen LogP contribution in [0.15, 0.2) is 6.07 Å². The Bertz CT molecular complexity index is 350. The van der Waals surface area contributed by atoms with Crippen molar-refractivity contribution in [1.82, 2.24) is 9.97 Å². The zero-order valence-electron chi connectivity index (χ0n) is 8.31. The zero-order chi connectivity index (χ0) is 10.7. The molecule has 0 aliphatic heterocycles. The van der Waals surface area contributed by atoms with E-state index in [1.165, 1.54) is 6.07 Å². The van der Waals surface area contributed by atoms with E-state index >= 15 is 0 Å². The molecule has 0 unspecified atom stereocenters. The first kappa shape index (κ1) is 10.4. The molecular formula is C9H12N2O3. The van der Waals surface area contributed by atoms with Crippen molar-refractivity contribution in [3.63, 3.8) is 0 Å². The first-order chi connectivity index (χ1) is 6.49. The third kappa shape index (κ3) is 2.69. The van der Waals surface area contributed by atoms with Gasteiger partial charge >= 0.3 is 12.0 Å². The molecule has 76 valence electrons. The van der Waals surface area contributed by atoms with E-state index in [4.69, 9.17) is 9.84 Å². The average molecular weight is 196 g/mol. The van der Waals surface area contributed by atoms with Crippen LogP contribution in [0.5, 0.6) is 6.01 Å². The molecule has 5 heteroatoms. The van der Waals surface area contributed by atoms with Gasteiger partial charge in [0.1, 0.15) is 0 Å². The van der Waals surface area contributed by atoms with Gasteiger partial charge in [0, 0.05) is 5.69 Å². The summed E-state index contributed by atoms with van der Waals surface area (Å²) in [4.78, 5) is 18.3. The molecule has 1 rings (SSSR count). The van der Waals surface area contributed by atoms with Crippen molar-refractivity contribution < 1.29 is 14.6 Å². The number of ether oxygens (including phenoxy) is 1. The Balaban J connectivity index is 3.01. The number of aromatic carboxylic acids is 1. The second-order valence-electron chi connectivity index (χ2n) is 3.15. The molecule has 0 aliphatic rings. The summed E-state index contributed by atoms with van der Waals surface area (Å²) in [6, 6.07) is 1.51. The van der Waals surface area contributed by atoms with Crippen molar-refractivity contribution in [3.05, 3.63) is 17.5 Å². The van der Waals surface area contributed by atoms with Crippen LogP contribution in [0.4, 0.5) is 0 Å². The van der Waals surface area contributed by atoms with Crippen molar-refractivity contribution >= 4 is 5.97 Å². The molecule has 0 aromatic carbocycles. The van der Waals surface area contributed by atoms with Crippen LogP contribution in [0, 0.1) is 6.92 Å². The monoisotopic (exact) mass is 196 g/mol. The molecule has 0 amide bonds. The molecule has 1 N–H and O–H groups in total. The third-order valence-corrected chi connectivity index (χ3v) is 1.39. The quantitative estimate of drug-likeness (QED) is 0.788. The predicted molar refractivity (Wildman–Crippen MR) is 49.5 cm³/mol. The van der Waals surface area contributed by atoms with Gasteiger partial charge < -0.3 is 9.84 Å². The van der Waals surface area contributed by atoms with Crippen molar-refractivity contribution in [1.29, 1.82) is 0 Å². The molecule has 0 saturated carbocycles. The highest BCUT2D eigenvalue weighted by molar-refractivity contribution is 5.85. The van der Waals surface area contributed by atoms with Gasteiger partial charge in [0.15, 0.2) is 5.69 Å². The molecule has 0 atom stereocenters. The van der Waals surface area contributed by atoms with Gasteiger partial charge in [0.25, 0.3) is 0 Å². The average Bonchev–Trinajstić information content (AvgIpc) is 2.01. The van der Waals surface area contributed by atoms with Crippen molar-refractivity contribution in [2.45, 2.75) is 26.9 Å². The summed E-state index contributed by atoms with van der Waals surface area (Å²) < 4.78 is 5.20. The molecule has 5 nitrogen and oxygen atoms in total. The topological polar surface area (TPSA) is 72.3 Å². The van der Waals surface area contributed by atoms with Crippen molar-refractivity contribution in [2.75, 3.05) is 0 Å². The molecule has 0 aliphatic carbocycles. The molecule has 0 bridgehead atoms. The Morgan fingerprint density at radius 3 is 2.64 bits per heavy atom. The molecule has 0 spiro atoms. The number of aromatic nitrogens is 2. The van der Waals surface area contributed by atoms with Crippen molar-refractivity contribution in [2.24, 2.45) is 0 Å². The van der Waals surface area contributed by atoms with Gasteiger partial charge in [-0.3, -0.25) is 0 Å². The number of rotatable bonds is 3. The number of hydrogen-bond acceptors (Lipinski definition) is 4. The molecular weight excluding hydrogens is 184 g/mol. The molecule has 1 aromatic heterocycles. The minimum Gasteiger partial charge on any atom is -0.477 e. The summed E-state index contributed by atoms with van der Waals surface area (Å²) >= 11 is 0. The van der Waals surface area contributed by atoms with Crippen molar-refractivity contribution in [3.8, 4) is 6.01 Å². The summed E-state index contributed by atoms with van der Waals surface area (Å²) in [6.45, 7) is 5.35. The molecule has 0 radical (unpaired) electrons. The lowest BCUT2D eigenvalue weighted by atomic mass is 10.3. The lowest BCUT2D eigenvalue weighted by molar-refractivity contribution is 0.0687. The smallest absolute Gasteiger partial charge is 0.354 e. The van der Waals surface area contributed by atoms with Crippen LogP contribution in [0.25, 0.3) is 0 Å². The predicted octanol–water partition coefficient (Wildman–Crippen LogP) is 1.27. The molecule has 0 fully saturated rings. The Labute approximate surface area is 81.8 Å². The third-order valence-electron chi connectivity index (χ3n) is 1.39. The second-order valence-corrected chi connectivity index (χ2v) is 3.15. The summed E-state index contributed by atoms with van der Waals surface area (Å²) in [7, 11) is 0. The fraction of sp³-hybridized carbons (Fsp3) is 0.444. The fourth-order valence-corrected chi connectivity index (χ4v) is 0.914. The maximum atomic E-state index is 10.6.